The Balaban J connectivity index is 1.60. The summed E-state index contributed by atoms with van der Waals surface area (Å²) in [5, 5.41) is 0. The standard InChI is InChI=1S/C16H23N3O2/c1-2-21-12-16(20)19-10-7-14-15(19)6-9-18(14)11-13-5-3-4-8-17-13/h3-5,8,14-15H,2,6-7,9-12H2,1H3/t14-,15+/m0/s1. The summed E-state index contributed by atoms with van der Waals surface area (Å²) < 4.78 is 5.26. The number of rotatable bonds is 5. The number of aromatic nitrogens is 1. The second-order valence-corrected chi connectivity index (χ2v) is 5.73. The van der Waals surface area contributed by atoms with Gasteiger partial charge in [-0.25, -0.2) is 0 Å². The van der Waals surface area contributed by atoms with Crippen molar-refractivity contribution < 1.29 is 9.53 Å². The van der Waals surface area contributed by atoms with Crippen molar-refractivity contribution >= 4 is 5.91 Å². The molecule has 2 aliphatic heterocycles. The third kappa shape index (κ3) is 3.09. The molecule has 1 aromatic rings. The summed E-state index contributed by atoms with van der Waals surface area (Å²) >= 11 is 0. The van der Waals surface area contributed by atoms with Crippen LogP contribution < -0.4 is 0 Å². The number of likely N-dealkylation sites (tertiary alicyclic amines) is 2. The van der Waals surface area contributed by atoms with Gasteiger partial charge in [0.05, 0.1) is 5.69 Å². The van der Waals surface area contributed by atoms with Gasteiger partial charge in [0, 0.05) is 44.5 Å². The Labute approximate surface area is 125 Å². The highest BCUT2D eigenvalue weighted by Gasteiger charge is 2.44. The van der Waals surface area contributed by atoms with Crippen LogP contribution in [0.3, 0.4) is 0 Å². The van der Waals surface area contributed by atoms with Crippen molar-refractivity contribution in [2.45, 2.75) is 38.4 Å². The molecule has 0 aliphatic carbocycles. The Morgan fingerprint density at radius 1 is 1.33 bits per heavy atom. The lowest BCUT2D eigenvalue weighted by atomic mass is 10.1. The minimum Gasteiger partial charge on any atom is -0.372 e. The van der Waals surface area contributed by atoms with E-state index in [0.29, 0.717) is 18.7 Å². The summed E-state index contributed by atoms with van der Waals surface area (Å²) in [5.74, 6) is 0.143. The van der Waals surface area contributed by atoms with Crippen LogP contribution >= 0.6 is 0 Å². The van der Waals surface area contributed by atoms with Crippen LogP contribution in [0.25, 0.3) is 0 Å². The quantitative estimate of drug-likeness (QED) is 0.819. The molecule has 1 aromatic heterocycles. The summed E-state index contributed by atoms with van der Waals surface area (Å²) in [4.78, 5) is 21.1. The number of hydrogen-bond acceptors (Lipinski definition) is 4. The van der Waals surface area contributed by atoms with E-state index in [1.54, 1.807) is 0 Å². The highest BCUT2D eigenvalue weighted by molar-refractivity contribution is 5.78. The molecule has 2 saturated heterocycles. The molecule has 3 heterocycles. The van der Waals surface area contributed by atoms with E-state index in [4.69, 9.17) is 4.74 Å². The van der Waals surface area contributed by atoms with Crippen LogP contribution in [-0.4, -0.2) is 59.1 Å². The van der Waals surface area contributed by atoms with Crippen molar-refractivity contribution in [1.82, 2.24) is 14.8 Å². The van der Waals surface area contributed by atoms with E-state index in [2.05, 4.69) is 16.0 Å². The van der Waals surface area contributed by atoms with Crippen LogP contribution in [0.1, 0.15) is 25.5 Å². The van der Waals surface area contributed by atoms with Crippen LogP contribution in [-0.2, 0) is 16.1 Å². The highest BCUT2D eigenvalue weighted by atomic mass is 16.5. The minimum absolute atomic E-state index is 0.143. The number of pyridine rings is 1. The van der Waals surface area contributed by atoms with Gasteiger partial charge < -0.3 is 9.64 Å². The van der Waals surface area contributed by atoms with Crippen molar-refractivity contribution in [2.24, 2.45) is 0 Å². The third-order valence-electron chi connectivity index (χ3n) is 4.53. The van der Waals surface area contributed by atoms with Gasteiger partial charge in [-0.3, -0.25) is 14.7 Å². The molecule has 21 heavy (non-hydrogen) atoms. The molecule has 0 saturated carbocycles. The second-order valence-electron chi connectivity index (χ2n) is 5.73. The van der Waals surface area contributed by atoms with E-state index in [9.17, 15) is 4.79 Å². The van der Waals surface area contributed by atoms with Gasteiger partial charge in [-0.2, -0.15) is 0 Å². The normalized spacial score (nSPS) is 25.3. The SMILES string of the molecule is CCOCC(=O)N1CC[C@H]2[C@H]1CCN2Cc1ccccn1. The molecular weight excluding hydrogens is 266 g/mol. The van der Waals surface area contributed by atoms with Gasteiger partial charge in [-0.15, -0.1) is 0 Å². The predicted molar refractivity (Wildman–Crippen MR) is 79.7 cm³/mol. The number of carbonyl (C=O) groups excluding carboxylic acids is 1. The van der Waals surface area contributed by atoms with Crippen LogP contribution in [0.2, 0.25) is 0 Å². The summed E-state index contributed by atoms with van der Waals surface area (Å²) in [6.45, 7) is 5.53. The molecule has 0 bridgehead atoms. The number of carbonyl (C=O) groups is 1. The second kappa shape index (κ2) is 6.54. The first-order chi connectivity index (χ1) is 10.3. The number of amides is 1. The fraction of sp³-hybridized carbons (Fsp3) is 0.625. The van der Waals surface area contributed by atoms with Gasteiger partial charge in [0.2, 0.25) is 5.91 Å². The average Bonchev–Trinajstić information content (AvgIpc) is 3.09. The maximum absolute atomic E-state index is 12.2. The Morgan fingerprint density at radius 2 is 2.19 bits per heavy atom. The lowest BCUT2D eigenvalue weighted by Gasteiger charge is -2.25. The Morgan fingerprint density at radius 3 is 2.95 bits per heavy atom. The van der Waals surface area contributed by atoms with Crippen molar-refractivity contribution in [1.29, 1.82) is 0 Å². The average molecular weight is 289 g/mol. The molecular formula is C16H23N3O2. The molecule has 3 rings (SSSR count). The van der Waals surface area contributed by atoms with Crippen LogP contribution in [0, 0.1) is 0 Å². The van der Waals surface area contributed by atoms with Gasteiger partial charge >= 0.3 is 0 Å². The first-order valence-electron chi connectivity index (χ1n) is 7.80. The largest absolute Gasteiger partial charge is 0.372 e. The lowest BCUT2D eigenvalue weighted by molar-refractivity contribution is -0.136. The molecule has 5 heteroatoms. The van der Waals surface area contributed by atoms with Crippen LogP contribution in [0.15, 0.2) is 24.4 Å². The zero-order valence-electron chi connectivity index (χ0n) is 12.6. The summed E-state index contributed by atoms with van der Waals surface area (Å²) in [7, 11) is 0. The number of hydrogen-bond donors (Lipinski definition) is 0. The fourth-order valence-corrected chi connectivity index (χ4v) is 3.55. The molecule has 0 radical (unpaired) electrons. The Kier molecular flexibility index (Phi) is 4.51. The zero-order valence-corrected chi connectivity index (χ0v) is 12.6. The smallest absolute Gasteiger partial charge is 0.248 e. The maximum Gasteiger partial charge on any atom is 0.248 e. The minimum atomic E-state index is 0.143. The molecule has 0 aromatic carbocycles. The molecule has 2 atom stereocenters. The van der Waals surface area contributed by atoms with E-state index in [1.807, 2.05) is 30.2 Å². The Hall–Kier alpha value is -1.46. The molecule has 0 spiro atoms. The first kappa shape index (κ1) is 14.5. The van der Waals surface area contributed by atoms with Gasteiger partial charge in [-0.05, 0) is 31.9 Å². The van der Waals surface area contributed by atoms with E-state index in [-0.39, 0.29) is 12.5 Å². The highest BCUT2D eigenvalue weighted by Crippen LogP contribution is 2.32. The van der Waals surface area contributed by atoms with Gasteiger partial charge in [0.15, 0.2) is 0 Å². The molecule has 2 aliphatic rings. The summed E-state index contributed by atoms with van der Waals surface area (Å²) in [6.07, 6.45) is 3.97. The van der Waals surface area contributed by atoms with Crippen molar-refractivity contribution in [2.75, 3.05) is 26.3 Å². The topological polar surface area (TPSA) is 45.7 Å². The van der Waals surface area contributed by atoms with E-state index in [1.165, 1.54) is 0 Å². The van der Waals surface area contributed by atoms with Crippen molar-refractivity contribution in [3.8, 4) is 0 Å². The predicted octanol–water partition coefficient (Wildman–Crippen LogP) is 1.29. The van der Waals surface area contributed by atoms with E-state index in [0.717, 1.165) is 38.2 Å². The van der Waals surface area contributed by atoms with Crippen molar-refractivity contribution in [3.05, 3.63) is 30.1 Å². The zero-order chi connectivity index (χ0) is 14.7. The third-order valence-corrected chi connectivity index (χ3v) is 4.53. The van der Waals surface area contributed by atoms with E-state index < -0.39 is 0 Å². The summed E-state index contributed by atoms with van der Waals surface area (Å²) in [6, 6.07) is 6.89. The molecule has 5 nitrogen and oxygen atoms in total. The Bertz CT molecular complexity index is 480. The van der Waals surface area contributed by atoms with Crippen molar-refractivity contribution in [3.63, 3.8) is 0 Å². The molecule has 2 fully saturated rings. The lowest BCUT2D eigenvalue weighted by Crippen LogP contribution is -2.41. The summed E-state index contributed by atoms with van der Waals surface area (Å²) in [5.41, 5.74) is 1.11. The fourth-order valence-electron chi connectivity index (χ4n) is 3.55. The van der Waals surface area contributed by atoms with Gasteiger partial charge in [0.25, 0.3) is 0 Å². The van der Waals surface area contributed by atoms with Gasteiger partial charge in [0.1, 0.15) is 6.61 Å². The maximum atomic E-state index is 12.2. The number of nitrogens with zero attached hydrogens (tertiary/aromatic N) is 3. The first-order valence-corrected chi connectivity index (χ1v) is 7.80. The van der Waals surface area contributed by atoms with Gasteiger partial charge in [-0.1, -0.05) is 6.07 Å². The van der Waals surface area contributed by atoms with E-state index >= 15 is 0 Å². The monoisotopic (exact) mass is 289 g/mol. The molecule has 1 amide bonds. The molecule has 114 valence electrons. The van der Waals surface area contributed by atoms with Crippen LogP contribution in [0.5, 0.6) is 0 Å². The molecule has 0 unspecified atom stereocenters. The molecule has 0 N–H and O–H groups in total. The number of fused-ring (bicyclic) bond motifs is 1. The number of ether oxygens (including phenoxy) is 1. The van der Waals surface area contributed by atoms with Crippen LogP contribution in [0.4, 0.5) is 0 Å².